The molecule has 0 spiro atoms. The van der Waals surface area contributed by atoms with Crippen LogP contribution in [0.3, 0.4) is 0 Å². The highest BCUT2D eigenvalue weighted by Crippen LogP contribution is 2.38. The maximum absolute atomic E-state index is 6.09. The van der Waals surface area contributed by atoms with E-state index in [9.17, 15) is 0 Å². The summed E-state index contributed by atoms with van der Waals surface area (Å²) in [6.45, 7) is 5.33. The Balaban J connectivity index is 1.62. The fraction of sp³-hybridized carbons (Fsp3) is 0.474. The first-order valence-electron chi connectivity index (χ1n) is 8.90. The minimum Gasteiger partial charge on any atom is -0.488 e. The van der Waals surface area contributed by atoms with Gasteiger partial charge in [-0.25, -0.2) is 9.97 Å². The van der Waals surface area contributed by atoms with Crippen LogP contribution in [0.5, 0.6) is 17.5 Å². The topological polar surface area (TPSA) is 60.0 Å². The number of aromatic nitrogens is 2. The van der Waals surface area contributed by atoms with Gasteiger partial charge < -0.3 is 24.0 Å². The van der Waals surface area contributed by atoms with E-state index in [-0.39, 0.29) is 6.10 Å². The van der Waals surface area contributed by atoms with E-state index in [1.54, 1.807) is 13.3 Å². The second-order valence-electron chi connectivity index (χ2n) is 6.80. The molecule has 4 heterocycles. The summed E-state index contributed by atoms with van der Waals surface area (Å²) >= 11 is 0. The average Bonchev–Trinajstić information content (AvgIpc) is 3.06. The van der Waals surface area contributed by atoms with Gasteiger partial charge in [0, 0.05) is 24.7 Å². The SMILES string of the molecule is COc1ncc(N2CCOc3cnc(O[C@H]4CCN(C)C4)cc32)cc1C. The highest BCUT2D eigenvalue weighted by molar-refractivity contribution is 5.71. The highest BCUT2D eigenvalue weighted by Gasteiger charge is 2.25. The van der Waals surface area contributed by atoms with Gasteiger partial charge in [-0.1, -0.05) is 0 Å². The maximum atomic E-state index is 6.09. The standard InChI is InChI=1S/C19H24N4O3/c1-13-8-14(10-21-19(13)24-3)23-6-7-25-17-11-20-18(9-16(17)23)26-15-4-5-22(2)12-15/h8-11,15H,4-7,12H2,1-3H3/t15-/m0/s1. The lowest BCUT2D eigenvalue weighted by Crippen LogP contribution is -2.29. The van der Waals surface area contributed by atoms with E-state index in [2.05, 4.69) is 32.9 Å². The Morgan fingerprint density at radius 3 is 2.81 bits per heavy atom. The number of hydrogen-bond donors (Lipinski definition) is 0. The van der Waals surface area contributed by atoms with Crippen molar-refractivity contribution in [3.8, 4) is 17.5 Å². The third-order valence-electron chi connectivity index (χ3n) is 4.84. The van der Waals surface area contributed by atoms with Gasteiger partial charge in [-0.3, -0.25) is 0 Å². The second kappa shape index (κ2) is 6.99. The van der Waals surface area contributed by atoms with Gasteiger partial charge in [0.1, 0.15) is 12.7 Å². The molecule has 138 valence electrons. The summed E-state index contributed by atoms with van der Waals surface area (Å²) in [7, 11) is 3.74. The van der Waals surface area contributed by atoms with Crippen molar-refractivity contribution < 1.29 is 14.2 Å². The van der Waals surface area contributed by atoms with Crippen LogP contribution in [0, 0.1) is 6.92 Å². The van der Waals surface area contributed by atoms with Crippen LogP contribution in [-0.2, 0) is 0 Å². The first-order chi connectivity index (χ1) is 12.6. The number of anilines is 2. The zero-order chi connectivity index (χ0) is 18.1. The number of nitrogens with zero attached hydrogens (tertiary/aromatic N) is 4. The lowest BCUT2D eigenvalue weighted by atomic mass is 10.2. The molecule has 0 unspecified atom stereocenters. The van der Waals surface area contributed by atoms with E-state index in [1.807, 2.05) is 19.2 Å². The molecule has 7 nitrogen and oxygen atoms in total. The molecule has 1 fully saturated rings. The molecule has 2 aliphatic heterocycles. The third kappa shape index (κ3) is 3.26. The Labute approximate surface area is 153 Å². The monoisotopic (exact) mass is 356 g/mol. The number of ether oxygens (including phenoxy) is 3. The number of hydrogen-bond acceptors (Lipinski definition) is 7. The van der Waals surface area contributed by atoms with Crippen LogP contribution in [0.1, 0.15) is 12.0 Å². The quantitative estimate of drug-likeness (QED) is 0.834. The minimum absolute atomic E-state index is 0.188. The number of fused-ring (bicyclic) bond motifs is 1. The number of pyridine rings is 2. The summed E-state index contributed by atoms with van der Waals surface area (Å²) in [5.41, 5.74) is 2.96. The zero-order valence-corrected chi connectivity index (χ0v) is 15.4. The number of likely N-dealkylation sites (tertiary alicyclic amines) is 1. The Bertz CT molecular complexity index is 798. The summed E-state index contributed by atoms with van der Waals surface area (Å²) in [4.78, 5) is 13.3. The molecule has 2 aliphatic rings. The molecule has 0 N–H and O–H groups in total. The normalized spacial score (nSPS) is 19.8. The molecule has 0 aromatic carbocycles. The summed E-state index contributed by atoms with van der Waals surface area (Å²) in [6, 6.07) is 4.04. The Morgan fingerprint density at radius 1 is 1.19 bits per heavy atom. The maximum Gasteiger partial charge on any atom is 0.216 e. The van der Waals surface area contributed by atoms with Crippen molar-refractivity contribution in [1.82, 2.24) is 14.9 Å². The van der Waals surface area contributed by atoms with E-state index >= 15 is 0 Å². The highest BCUT2D eigenvalue weighted by atomic mass is 16.5. The largest absolute Gasteiger partial charge is 0.488 e. The van der Waals surface area contributed by atoms with Crippen LogP contribution in [-0.4, -0.2) is 61.4 Å². The molecular weight excluding hydrogens is 332 g/mol. The van der Waals surface area contributed by atoms with E-state index in [0.29, 0.717) is 18.4 Å². The van der Waals surface area contributed by atoms with Gasteiger partial charge in [0.15, 0.2) is 5.75 Å². The number of likely N-dealkylation sites (N-methyl/N-ethyl adjacent to an activating group) is 1. The van der Waals surface area contributed by atoms with Crippen LogP contribution in [0.25, 0.3) is 0 Å². The molecule has 1 saturated heterocycles. The van der Waals surface area contributed by atoms with Gasteiger partial charge >= 0.3 is 0 Å². The van der Waals surface area contributed by atoms with Gasteiger partial charge in [-0.15, -0.1) is 0 Å². The number of aryl methyl sites for hydroxylation is 1. The lowest BCUT2D eigenvalue weighted by Gasteiger charge is -2.31. The predicted octanol–water partition coefficient (Wildman–Crippen LogP) is 2.41. The van der Waals surface area contributed by atoms with Gasteiger partial charge in [0.05, 0.1) is 37.4 Å². The predicted molar refractivity (Wildman–Crippen MR) is 98.8 cm³/mol. The number of rotatable bonds is 4. The smallest absolute Gasteiger partial charge is 0.216 e. The summed E-state index contributed by atoms with van der Waals surface area (Å²) < 4.78 is 17.1. The first kappa shape index (κ1) is 16.9. The number of methoxy groups -OCH3 is 1. The minimum atomic E-state index is 0.188. The summed E-state index contributed by atoms with van der Waals surface area (Å²) in [5, 5.41) is 0. The van der Waals surface area contributed by atoms with Crippen LogP contribution in [0.4, 0.5) is 11.4 Å². The Kier molecular flexibility index (Phi) is 4.55. The first-order valence-corrected chi connectivity index (χ1v) is 8.90. The van der Waals surface area contributed by atoms with Crippen molar-refractivity contribution in [2.75, 3.05) is 45.3 Å². The molecule has 0 amide bonds. The van der Waals surface area contributed by atoms with Gasteiger partial charge in [0.2, 0.25) is 11.8 Å². The van der Waals surface area contributed by atoms with Gasteiger partial charge in [0.25, 0.3) is 0 Å². The van der Waals surface area contributed by atoms with E-state index in [0.717, 1.165) is 48.7 Å². The molecule has 1 atom stereocenters. The Hall–Kier alpha value is -2.54. The van der Waals surface area contributed by atoms with Crippen molar-refractivity contribution >= 4 is 11.4 Å². The molecule has 0 saturated carbocycles. The molecule has 7 heteroatoms. The van der Waals surface area contributed by atoms with Crippen molar-refractivity contribution in [2.24, 2.45) is 0 Å². The van der Waals surface area contributed by atoms with Crippen LogP contribution in [0.15, 0.2) is 24.5 Å². The van der Waals surface area contributed by atoms with Crippen LogP contribution >= 0.6 is 0 Å². The fourth-order valence-electron chi connectivity index (χ4n) is 3.51. The van der Waals surface area contributed by atoms with Crippen LogP contribution in [0.2, 0.25) is 0 Å². The zero-order valence-electron chi connectivity index (χ0n) is 15.4. The molecule has 0 radical (unpaired) electrons. The van der Waals surface area contributed by atoms with Gasteiger partial charge in [-0.05, 0) is 26.5 Å². The molecule has 2 aromatic heterocycles. The average molecular weight is 356 g/mol. The van der Waals surface area contributed by atoms with E-state index in [1.165, 1.54) is 0 Å². The van der Waals surface area contributed by atoms with Crippen molar-refractivity contribution in [3.63, 3.8) is 0 Å². The van der Waals surface area contributed by atoms with Crippen molar-refractivity contribution in [3.05, 3.63) is 30.1 Å². The fourth-order valence-corrected chi connectivity index (χ4v) is 3.51. The summed E-state index contributed by atoms with van der Waals surface area (Å²) in [6.07, 6.45) is 4.79. The van der Waals surface area contributed by atoms with E-state index in [4.69, 9.17) is 14.2 Å². The summed E-state index contributed by atoms with van der Waals surface area (Å²) in [5.74, 6) is 2.05. The van der Waals surface area contributed by atoms with Gasteiger partial charge in [-0.2, -0.15) is 0 Å². The molecule has 26 heavy (non-hydrogen) atoms. The van der Waals surface area contributed by atoms with Crippen molar-refractivity contribution in [1.29, 1.82) is 0 Å². The molecule has 0 bridgehead atoms. The molecule has 0 aliphatic carbocycles. The second-order valence-corrected chi connectivity index (χ2v) is 6.80. The Morgan fingerprint density at radius 2 is 2.08 bits per heavy atom. The molecular formula is C19H24N4O3. The molecule has 2 aromatic rings. The van der Waals surface area contributed by atoms with E-state index < -0.39 is 0 Å². The molecule has 4 rings (SSSR count). The third-order valence-corrected chi connectivity index (χ3v) is 4.84. The lowest BCUT2D eigenvalue weighted by molar-refractivity contribution is 0.199. The van der Waals surface area contributed by atoms with Crippen molar-refractivity contribution in [2.45, 2.75) is 19.4 Å². The van der Waals surface area contributed by atoms with Crippen LogP contribution < -0.4 is 19.1 Å².